The van der Waals surface area contributed by atoms with Crippen molar-refractivity contribution in [3.8, 4) is 0 Å². The fraction of sp³-hybridized carbons (Fsp3) is 0.462. The standard InChI is InChI=1S/C13H19FN2O2/c1-2-18-8-4-7-15-13(17)16-10-11-5-3-6-12(14)9-11/h3,5-6,9H,2,4,7-8,10H2,1H3,(H2,15,16,17). The summed E-state index contributed by atoms with van der Waals surface area (Å²) in [7, 11) is 0. The second-order valence-corrected chi connectivity index (χ2v) is 3.79. The van der Waals surface area contributed by atoms with E-state index < -0.39 is 0 Å². The number of nitrogens with one attached hydrogen (secondary N) is 2. The van der Waals surface area contributed by atoms with Crippen LogP contribution in [0, 0.1) is 5.82 Å². The molecule has 0 atom stereocenters. The molecule has 0 radical (unpaired) electrons. The molecule has 2 N–H and O–H groups in total. The van der Waals surface area contributed by atoms with E-state index in [1.54, 1.807) is 12.1 Å². The summed E-state index contributed by atoms with van der Waals surface area (Å²) >= 11 is 0. The first kappa shape index (κ1) is 14.4. The Labute approximate surface area is 107 Å². The SMILES string of the molecule is CCOCCCNC(=O)NCc1cccc(F)c1. The number of halogens is 1. The zero-order valence-electron chi connectivity index (χ0n) is 10.5. The predicted octanol–water partition coefficient (Wildman–Crippen LogP) is 2.05. The van der Waals surface area contributed by atoms with E-state index in [1.807, 2.05) is 6.92 Å². The fourth-order valence-electron chi connectivity index (χ4n) is 1.41. The molecule has 18 heavy (non-hydrogen) atoms. The first-order valence-corrected chi connectivity index (χ1v) is 6.06. The Morgan fingerprint density at radius 1 is 1.39 bits per heavy atom. The van der Waals surface area contributed by atoms with Crippen LogP contribution in [0.15, 0.2) is 24.3 Å². The summed E-state index contributed by atoms with van der Waals surface area (Å²) in [5.74, 6) is -0.300. The minimum atomic E-state index is -0.300. The van der Waals surface area contributed by atoms with E-state index in [1.165, 1.54) is 12.1 Å². The smallest absolute Gasteiger partial charge is 0.315 e. The first-order valence-electron chi connectivity index (χ1n) is 6.06. The van der Waals surface area contributed by atoms with Crippen LogP contribution >= 0.6 is 0 Å². The summed E-state index contributed by atoms with van der Waals surface area (Å²) in [6.07, 6.45) is 0.779. The van der Waals surface area contributed by atoms with Crippen molar-refractivity contribution in [2.24, 2.45) is 0 Å². The van der Waals surface area contributed by atoms with Crippen LogP contribution in [0.5, 0.6) is 0 Å². The lowest BCUT2D eigenvalue weighted by Crippen LogP contribution is -2.35. The van der Waals surface area contributed by atoms with Gasteiger partial charge in [0.1, 0.15) is 5.82 Å². The number of amides is 2. The maximum absolute atomic E-state index is 12.9. The van der Waals surface area contributed by atoms with Crippen LogP contribution in [0.1, 0.15) is 18.9 Å². The highest BCUT2D eigenvalue weighted by atomic mass is 19.1. The number of rotatable bonds is 7. The maximum atomic E-state index is 12.9. The van der Waals surface area contributed by atoms with Gasteiger partial charge in [-0.05, 0) is 31.0 Å². The van der Waals surface area contributed by atoms with Gasteiger partial charge in [-0.25, -0.2) is 9.18 Å². The van der Waals surface area contributed by atoms with Gasteiger partial charge < -0.3 is 15.4 Å². The molecular weight excluding hydrogens is 235 g/mol. The van der Waals surface area contributed by atoms with E-state index in [-0.39, 0.29) is 11.8 Å². The third-order valence-electron chi connectivity index (χ3n) is 2.30. The molecule has 1 aromatic rings. The van der Waals surface area contributed by atoms with Crippen molar-refractivity contribution >= 4 is 6.03 Å². The molecule has 0 bridgehead atoms. The van der Waals surface area contributed by atoms with Gasteiger partial charge in [0, 0.05) is 26.3 Å². The fourth-order valence-corrected chi connectivity index (χ4v) is 1.41. The van der Waals surface area contributed by atoms with E-state index in [2.05, 4.69) is 10.6 Å². The summed E-state index contributed by atoms with van der Waals surface area (Å²) in [5, 5.41) is 5.36. The van der Waals surface area contributed by atoms with Crippen LogP contribution in [-0.4, -0.2) is 25.8 Å². The molecule has 100 valence electrons. The summed E-state index contributed by atoms with van der Waals surface area (Å²) in [6, 6.07) is 5.90. The monoisotopic (exact) mass is 254 g/mol. The Kier molecular flexibility index (Phi) is 6.79. The Hall–Kier alpha value is -1.62. The molecule has 0 aromatic heterocycles. The predicted molar refractivity (Wildman–Crippen MR) is 67.7 cm³/mol. The molecule has 0 aliphatic rings. The van der Waals surface area contributed by atoms with Crippen molar-refractivity contribution in [2.75, 3.05) is 19.8 Å². The second kappa shape index (κ2) is 8.47. The molecule has 2 amide bonds. The zero-order valence-corrected chi connectivity index (χ0v) is 10.5. The van der Waals surface area contributed by atoms with Crippen LogP contribution < -0.4 is 10.6 Å². The molecule has 0 saturated carbocycles. The third kappa shape index (κ3) is 6.20. The van der Waals surface area contributed by atoms with Gasteiger partial charge in [0.25, 0.3) is 0 Å². The lowest BCUT2D eigenvalue weighted by atomic mass is 10.2. The molecule has 4 nitrogen and oxygen atoms in total. The first-order chi connectivity index (χ1) is 8.72. The number of carbonyl (C=O) groups excluding carboxylic acids is 1. The van der Waals surface area contributed by atoms with Gasteiger partial charge in [-0.3, -0.25) is 0 Å². The lowest BCUT2D eigenvalue weighted by molar-refractivity contribution is 0.145. The highest BCUT2D eigenvalue weighted by molar-refractivity contribution is 5.73. The average molecular weight is 254 g/mol. The van der Waals surface area contributed by atoms with E-state index in [0.29, 0.717) is 26.3 Å². The van der Waals surface area contributed by atoms with Crippen molar-refractivity contribution in [2.45, 2.75) is 19.9 Å². The lowest BCUT2D eigenvalue weighted by Gasteiger charge is -2.07. The number of benzene rings is 1. The molecule has 0 aliphatic carbocycles. The number of ether oxygens (including phenoxy) is 1. The molecule has 0 unspecified atom stereocenters. The van der Waals surface area contributed by atoms with E-state index >= 15 is 0 Å². The van der Waals surface area contributed by atoms with Crippen LogP contribution in [-0.2, 0) is 11.3 Å². The molecule has 0 fully saturated rings. The third-order valence-corrected chi connectivity index (χ3v) is 2.30. The Bertz CT molecular complexity index is 372. The number of hydrogen-bond donors (Lipinski definition) is 2. The van der Waals surface area contributed by atoms with Gasteiger partial charge in [0.2, 0.25) is 0 Å². The molecule has 0 heterocycles. The summed E-state index contributed by atoms with van der Waals surface area (Å²) in [4.78, 5) is 11.4. The number of urea groups is 1. The van der Waals surface area contributed by atoms with Crippen LogP contribution in [0.4, 0.5) is 9.18 Å². The van der Waals surface area contributed by atoms with Gasteiger partial charge in [-0.2, -0.15) is 0 Å². The number of hydrogen-bond acceptors (Lipinski definition) is 2. The van der Waals surface area contributed by atoms with Gasteiger partial charge in [-0.15, -0.1) is 0 Å². The summed E-state index contributed by atoms with van der Waals surface area (Å²) in [5.41, 5.74) is 0.736. The van der Waals surface area contributed by atoms with Crippen molar-refractivity contribution < 1.29 is 13.9 Å². The van der Waals surface area contributed by atoms with Gasteiger partial charge in [-0.1, -0.05) is 12.1 Å². The van der Waals surface area contributed by atoms with Crippen LogP contribution in [0.3, 0.4) is 0 Å². The van der Waals surface area contributed by atoms with Gasteiger partial charge in [0.15, 0.2) is 0 Å². The minimum absolute atomic E-state index is 0.254. The van der Waals surface area contributed by atoms with Crippen LogP contribution in [0.2, 0.25) is 0 Å². The maximum Gasteiger partial charge on any atom is 0.315 e. The Morgan fingerprint density at radius 2 is 2.22 bits per heavy atom. The van der Waals surface area contributed by atoms with E-state index in [0.717, 1.165) is 12.0 Å². The van der Waals surface area contributed by atoms with Crippen molar-refractivity contribution in [3.05, 3.63) is 35.6 Å². The van der Waals surface area contributed by atoms with Crippen LogP contribution in [0.25, 0.3) is 0 Å². The summed E-state index contributed by atoms with van der Waals surface area (Å²) < 4.78 is 18.0. The Morgan fingerprint density at radius 3 is 2.94 bits per heavy atom. The molecule has 0 spiro atoms. The topological polar surface area (TPSA) is 50.4 Å². The second-order valence-electron chi connectivity index (χ2n) is 3.79. The highest BCUT2D eigenvalue weighted by Crippen LogP contribution is 2.02. The largest absolute Gasteiger partial charge is 0.382 e. The normalized spacial score (nSPS) is 10.1. The molecule has 1 rings (SSSR count). The van der Waals surface area contributed by atoms with E-state index in [4.69, 9.17) is 4.74 Å². The zero-order chi connectivity index (χ0) is 13.2. The Balaban J connectivity index is 2.13. The summed E-state index contributed by atoms with van der Waals surface area (Å²) in [6.45, 7) is 4.13. The van der Waals surface area contributed by atoms with Crippen molar-refractivity contribution in [1.82, 2.24) is 10.6 Å². The van der Waals surface area contributed by atoms with Crippen molar-refractivity contribution in [3.63, 3.8) is 0 Å². The molecular formula is C13H19FN2O2. The molecule has 5 heteroatoms. The highest BCUT2D eigenvalue weighted by Gasteiger charge is 2.00. The van der Waals surface area contributed by atoms with Gasteiger partial charge in [0.05, 0.1) is 0 Å². The van der Waals surface area contributed by atoms with Crippen molar-refractivity contribution in [1.29, 1.82) is 0 Å². The molecule has 0 saturated heterocycles. The van der Waals surface area contributed by atoms with Gasteiger partial charge >= 0.3 is 6.03 Å². The van der Waals surface area contributed by atoms with E-state index in [9.17, 15) is 9.18 Å². The minimum Gasteiger partial charge on any atom is -0.382 e. The number of carbonyl (C=O) groups is 1. The quantitative estimate of drug-likeness (QED) is 0.732. The molecule has 0 aliphatic heterocycles. The average Bonchev–Trinajstić information content (AvgIpc) is 2.36. The molecule has 1 aromatic carbocycles.